The molecule has 0 bridgehead atoms. The Morgan fingerprint density at radius 2 is 2.17 bits per heavy atom. The first kappa shape index (κ1) is 13.1. The smallest absolute Gasteiger partial charge is 0.215 e. The molecule has 0 atom stereocenters. The van der Waals surface area contributed by atoms with Crippen molar-refractivity contribution in [2.75, 3.05) is 13.6 Å². The average Bonchev–Trinajstić information content (AvgIpc) is 2.72. The second kappa shape index (κ2) is 5.09. The van der Waals surface area contributed by atoms with Gasteiger partial charge < -0.3 is 10.7 Å². The fraction of sp³-hybridized carbons (Fsp3) is 0.333. The highest BCUT2D eigenvalue weighted by Crippen LogP contribution is 2.21. The predicted molar refractivity (Wildman–Crippen MR) is 72.7 cm³/mol. The summed E-state index contributed by atoms with van der Waals surface area (Å²) in [5.41, 5.74) is 8.45. The van der Waals surface area contributed by atoms with Gasteiger partial charge in [-0.2, -0.15) is 0 Å². The number of hydrogen-bond donors (Lipinski definition) is 3. The molecule has 0 aliphatic rings. The lowest BCUT2D eigenvalue weighted by Crippen LogP contribution is -2.20. The normalized spacial score (nSPS) is 12.1. The van der Waals surface area contributed by atoms with Crippen LogP contribution in [-0.4, -0.2) is 27.0 Å². The van der Waals surface area contributed by atoms with E-state index in [-0.39, 0.29) is 5.75 Å². The van der Waals surface area contributed by atoms with Crippen molar-refractivity contribution in [3.8, 4) is 0 Å². The number of aromatic nitrogens is 1. The van der Waals surface area contributed by atoms with Crippen molar-refractivity contribution in [2.24, 2.45) is 5.73 Å². The first-order valence-corrected chi connectivity index (χ1v) is 7.41. The molecule has 18 heavy (non-hydrogen) atoms. The Labute approximate surface area is 106 Å². The zero-order chi connectivity index (χ0) is 13.2. The lowest BCUT2D eigenvalue weighted by Gasteiger charge is -2.04. The summed E-state index contributed by atoms with van der Waals surface area (Å²) in [5.74, 6) is -0.00726. The minimum absolute atomic E-state index is 0.00726. The van der Waals surface area contributed by atoms with Gasteiger partial charge in [0.25, 0.3) is 0 Å². The van der Waals surface area contributed by atoms with E-state index in [0.29, 0.717) is 6.54 Å². The molecular formula is C12H17N3O2S. The Bertz CT molecular complexity index is 646. The van der Waals surface area contributed by atoms with E-state index in [1.807, 2.05) is 24.4 Å². The number of benzene rings is 1. The van der Waals surface area contributed by atoms with Crippen molar-refractivity contribution in [1.29, 1.82) is 0 Å². The second-order valence-electron chi connectivity index (χ2n) is 4.20. The molecule has 0 radical (unpaired) electrons. The number of aromatic amines is 1. The highest BCUT2D eigenvalue weighted by Gasteiger charge is 2.10. The predicted octanol–water partition coefficient (Wildman–Crippen LogP) is 0.718. The summed E-state index contributed by atoms with van der Waals surface area (Å²) in [6.07, 6.45) is 2.70. The highest BCUT2D eigenvalue weighted by atomic mass is 32.2. The van der Waals surface area contributed by atoms with Crippen LogP contribution in [0.4, 0.5) is 0 Å². The maximum atomic E-state index is 11.5. The van der Waals surface area contributed by atoms with Crippen LogP contribution in [0, 0.1) is 0 Å². The Hall–Kier alpha value is -1.37. The summed E-state index contributed by atoms with van der Waals surface area (Å²) < 4.78 is 25.3. The Balaban J connectivity index is 2.39. The summed E-state index contributed by atoms with van der Waals surface area (Å²) in [6, 6.07) is 5.63. The van der Waals surface area contributed by atoms with Crippen LogP contribution in [0.2, 0.25) is 0 Å². The number of nitrogens with two attached hydrogens (primary N) is 1. The van der Waals surface area contributed by atoms with Crippen molar-refractivity contribution in [2.45, 2.75) is 12.2 Å². The quantitative estimate of drug-likeness (QED) is 0.746. The monoisotopic (exact) mass is 267 g/mol. The summed E-state index contributed by atoms with van der Waals surface area (Å²) in [6.45, 7) is 0.575. The van der Waals surface area contributed by atoms with Crippen LogP contribution >= 0.6 is 0 Å². The van der Waals surface area contributed by atoms with Gasteiger partial charge in [0.1, 0.15) is 0 Å². The number of hydrogen-bond acceptors (Lipinski definition) is 3. The van der Waals surface area contributed by atoms with Gasteiger partial charge in [-0.3, -0.25) is 0 Å². The Kier molecular flexibility index (Phi) is 3.70. The van der Waals surface area contributed by atoms with Gasteiger partial charge >= 0.3 is 0 Å². The van der Waals surface area contributed by atoms with Gasteiger partial charge in [-0.15, -0.1) is 0 Å². The number of sulfonamides is 1. The van der Waals surface area contributed by atoms with Crippen LogP contribution in [-0.2, 0) is 22.2 Å². The van der Waals surface area contributed by atoms with Crippen molar-refractivity contribution < 1.29 is 8.42 Å². The third-order valence-corrected chi connectivity index (χ3v) is 4.25. The molecule has 2 rings (SSSR count). The SMILES string of the molecule is CNS(=O)(=O)Cc1ccc2[nH]cc(CCN)c2c1. The Morgan fingerprint density at radius 1 is 1.39 bits per heavy atom. The molecule has 0 saturated heterocycles. The topological polar surface area (TPSA) is 88.0 Å². The van der Waals surface area contributed by atoms with Gasteiger partial charge in [0.15, 0.2) is 0 Å². The lowest BCUT2D eigenvalue weighted by atomic mass is 10.1. The van der Waals surface area contributed by atoms with E-state index in [9.17, 15) is 8.42 Å². The van der Waals surface area contributed by atoms with Crippen molar-refractivity contribution in [3.05, 3.63) is 35.5 Å². The third-order valence-electron chi connectivity index (χ3n) is 2.91. The van der Waals surface area contributed by atoms with Gasteiger partial charge in [-0.1, -0.05) is 6.07 Å². The van der Waals surface area contributed by atoms with E-state index in [1.54, 1.807) is 0 Å². The van der Waals surface area contributed by atoms with Crippen LogP contribution in [0.25, 0.3) is 10.9 Å². The maximum Gasteiger partial charge on any atom is 0.215 e. The van der Waals surface area contributed by atoms with E-state index < -0.39 is 10.0 Å². The van der Waals surface area contributed by atoms with Gasteiger partial charge in [0, 0.05) is 17.1 Å². The van der Waals surface area contributed by atoms with Gasteiger partial charge in [0.2, 0.25) is 10.0 Å². The van der Waals surface area contributed by atoms with E-state index in [4.69, 9.17) is 5.73 Å². The van der Waals surface area contributed by atoms with E-state index in [2.05, 4.69) is 9.71 Å². The fourth-order valence-corrected chi connectivity index (χ4v) is 2.73. The molecule has 0 aliphatic heterocycles. The molecule has 0 aliphatic carbocycles. The molecule has 5 nitrogen and oxygen atoms in total. The molecule has 1 aromatic carbocycles. The minimum atomic E-state index is -3.23. The van der Waals surface area contributed by atoms with E-state index in [1.165, 1.54) is 7.05 Å². The average molecular weight is 267 g/mol. The van der Waals surface area contributed by atoms with Gasteiger partial charge in [-0.05, 0) is 43.3 Å². The molecule has 98 valence electrons. The van der Waals surface area contributed by atoms with Crippen LogP contribution in [0.3, 0.4) is 0 Å². The number of fused-ring (bicyclic) bond motifs is 1. The van der Waals surface area contributed by atoms with E-state index >= 15 is 0 Å². The molecule has 2 aromatic rings. The summed E-state index contributed by atoms with van der Waals surface area (Å²) in [7, 11) is -1.81. The maximum absolute atomic E-state index is 11.5. The number of H-pyrrole nitrogens is 1. The van der Waals surface area contributed by atoms with Crippen LogP contribution in [0.15, 0.2) is 24.4 Å². The largest absolute Gasteiger partial charge is 0.361 e. The Morgan fingerprint density at radius 3 is 2.83 bits per heavy atom. The molecule has 0 amide bonds. The molecule has 0 saturated carbocycles. The van der Waals surface area contributed by atoms with Crippen LogP contribution in [0.1, 0.15) is 11.1 Å². The van der Waals surface area contributed by atoms with Gasteiger partial charge in [0.05, 0.1) is 5.75 Å². The third kappa shape index (κ3) is 2.72. The van der Waals surface area contributed by atoms with Crippen LogP contribution in [0.5, 0.6) is 0 Å². The lowest BCUT2D eigenvalue weighted by molar-refractivity contribution is 0.587. The standard InChI is InChI=1S/C12H17N3O2S/c1-14-18(16,17)8-9-2-3-12-11(6-9)10(4-5-13)7-15-12/h2-3,6-7,14-15H,4-5,8,13H2,1H3. The summed E-state index contributed by atoms with van der Waals surface area (Å²) in [4.78, 5) is 3.16. The summed E-state index contributed by atoms with van der Waals surface area (Å²) >= 11 is 0. The highest BCUT2D eigenvalue weighted by molar-refractivity contribution is 7.88. The molecule has 0 fully saturated rings. The minimum Gasteiger partial charge on any atom is -0.361 e. The molecule has 6 heteroatoms. The van der Waals surface area contributed by atoms with Crippen molar-refractivity contribution >= 4 is 20.9 Å². The summed E-state index contributed by atoms with van der Waals surface area (Å²) in [5, 5.41) is 1.05. The molecule has 1 aromatic heterocycles. The molecule has 0 unspecified atom stereocenters. The number of nitrogens with one attached hydrogen (secondary N) is 2. The molecule has 0 spiro atoms. The second-order valence-corrected chi connectivity index (χ2v) is 6.12. The van der Waals surface area contributed by atoms with Gasteiger partial charge in [-0.25, -0.2) is 13.1 Å². The number of rotatable bonds is 5. The van der Waals surface area contributed by atoms with Crippen molar-refractivity contribution in [3.63, 3.8) is 0 Å². The molecular weight excluding hydrogens is 250 g/mol. The first-order chi connectivity index (χ1) is 8.55. The van der Waals surface area contributed by atoms with Crippen LogP contribution < -0.4 is 10.5 Å². The van der Waals surface area contributed by atoms with Crippen molar-refractivity contribution in [1.82, 2.24) is 9.71 Å². The van der Waals surface area contributed by atoms with E-state index in [0.717, 1.165) is 28.5 Å². The first-order valence-electron chi connectivity index (χ1n) is 5.76. The zero-order valence-corrected chi connectivity index (χ0v) is 11.0. The molecule has 4 N–H and O–H groups in total. The fourth-order valence-electron chi connectivity index (χ4n) is 1.97. The zero-order valence-electron chi connectivity index (χ0n) is 10.2. The molecule has 1 heterocycles.